The van der Waals surface area contributed by atoms with E-state index in [9.17, 15) is 9.90 Å². The van der Waals surface area contributed by atoms with Crippen LogP contribution in [0.4, 0.5) is 0 Å². The van der Waals surface area contributed by atoms with Crippen LogP contribution in [-0.4, -0.2) is 96.8 Å². The number of aromatic nitrogens is 4. The molecule has 0 atom stereocenters. The fraction of sp³-hybridized carbons (Fsp3) is 0.125. The summed E-state index contributed by atoms with van der Waals surface area (Å²) in [5.74, 6) is 0.577. The Balaban J connectivity index is 0.00000324. The number of hydrogen-bond donors (Lipinski definition) is 2. The average molecular weight is 484 g/mol. The van der Waals surface area contributed by atoms with Gasteiger partial charge < -0.3 is 19.9 Å². The van der Waals surface area contributed by atoms with Gasteiger partial charge in [0.05, 0.1) is 20.3 Å². The van der Waals surface area contributed by atoms with Crippen LogP contribution in [0.1, 0.15) is 27.5 Å². The summed E-state index contributed by atoms with van der Waals surface area (Å²) in [6, 6.07) is 17.5. The van der Waals surface area contributed by atoms with Crippen LogP contribution in [0.5, 0.6) is 17.4 Å². The Morgan fingerprint density at radius 1 is 0.941 bits per heavy atom. The number of aromatic hydroxyl groups is 1. The van der Waals surface area contributed by atoms with Crippen molar-refractivity contribution in [3.8, 4) is 28.9 Å². The summed E-state index contributed by atoms with van der Waals surface area (Å²) >= 11 is 0. The maximum atomic E-state index is 13.1. The van der Waals surface area contributed by atoms with Crippen LogP contribution in [0.15, 0.2) is 73.1 Å². The molecule has 0 radical (unpaired) electrons. The van der Waals surface area contributed by atoms with Crippen LogP contribution in [0, 0.1) is 0 Å². The summed E-state index contributed by atoms with van der Waals surface area (Å²) in [6.07, 6.45) is 2.78. The zero-order valence-electron chi connectivity index (χ0n) is 18.0. The summed E-state index contributed by atoms with van der Waals surface area (Å²) in [5, 5.41) is 21.1. The predicted octanol–water partition coefficient (Wildman–Crippen LogP) is 2.53. The first kappa shape index (κ1) is 25.7. The summed E-state index contributed by atoms with van der Waals surface area (Å²) in [4.78, 5) is 21.3. The topological polar surface area (TPSA) is 119 Å². The Labute approximate surface area is 239 Å². The van der Waals surface area contributed by atoms with Gasteiger partial charge in [0.15, 0.2) is 5.82 Å². The second kappa shape index (κ2) is 12.0. The van der Waals surface area contributed by atoms with Crippen LogP contribution in [0.2, 0.25) is 0 Å². The van der Waals surface area contributed by atoms with Gasteiger partial charge in [-0.2, -0.15) is 10.1 Å². The number of hydrogen-bond acceptors (Lipinski definition) is 8. The number of ether oxygens (including phenoxy) is 2. The quantitative estimate of drug-likeness (QED) is 0.385. The first-order valence-electron chi connectivity index (χ1n) is 10.0. The first-order chi connectivity index (χ1) is 16.1. The molecule has 0 saturated carbocycles. The van der Waals surface area contributed by atoms with Crippen molar-refractivity contribution in [2.75, 3.05) is 14.2 Å². The number of benzene rings is 2. The summed E-state index contributed by atoms with van der Waals surface area (Å²) in [7, 11) is 3.18. The SMILES string of the molecule is COc1ccc(C(NC(=O)c2cnc(-c3cccnn3)nc2O)c2ccc(OC)cc2)cc1.[KH]. The third kappa shape index (κ3) is 5.96. The molecule has 0 bridgehead atoms. The van der Waals surface area contributed by atoms with Crippen molar-refractivity contribution < 1.29 is 19.4 Å². The minimum atomic E-state index is -0.533. The number of amides is 1. The number of nitrogens with zero attached hydrogens (tertiary/aromatic N) is 4. The van der Waals surface area contributed by atoms with E-state index >= 15 is 0 Å². The molecule has 4 aromatic rings. The van der Waals surface area contributed by atoms with Crippen molar-refractivity contribution in [3.63, 3.8) is 0 Å². The van der Waals surface area contributed by atoms with Gasteiger partial charge in [-0.1, -0.05) is 24.3 Å². The molecule has 2 aromatic carbocycles. The van der Waals surface area contributed by atoms with Crippen molar-refractivity contribution in [1.82, 2.24) is 25.5 Å². The molecular weight excluding hydrogens is 461 g/mol. The van der Waals surface area contributed by atoms with Crippen molar-refractivity contribution >= 4 is 57.3 Å². The van der Waals surface area contributed by atoms with Gasteiger partial charge in [0.1, 0.15) is 22.8 Å². The number of methoxy groups -OCH3 is 2. The molecule has 0 aliphatic heterocycles. The van der Waals surface area contributed by atoms with Gasteiger partial charge in [0.2, 0.25) is 5.88 Å². The minimum absolute atomic E-state index is 0. The Bertz CT molecular complexity index is 1190. The van der Waals surface area contributed by atoms with Crippen LogP contribution in [0.3, 0.4) is 0 Å². The van der Waals surface area contributed by atoms with Gasteiger partial charge in [-0.3, -0.25) is 4.79 Å². The molecule has 0 unspecified atom stereocenters. The molecule has 0 aliphatic carbocycles. The molecule has 168 valence electrons. The van der Waals surface area contributed by atoms with Gasteiger partial charge in [0, 0.05) is 12.4 Å². The molecule has 2 heterocycles. The van der Waals surface area contributed by atoms with E-state index in [0.717, 1.165) is 11.1 Å². The zero-order valence-corrected chi connectivity index (χ0v) is 18.0. The van der Waals surface area contributed by atoms with Gasteiger partial charge in [0.25, 0.3) is 5.91 Å². The predicted molar refractivity (Wildman–Crippen MR) is 127 cm³/mol. The molecule has 1 amide bonds. The summed E-state index contributed by atoms with van der Waals surface area (Å²) in [5.41, 5.74) is 1.97. The van der Waals surface area contributed by atoms with Crippen molar-refractivity contribution in [2.24, 2.45) is 0 Å². The number of carbonyl (C=O) groups excluding carboxylic acids is 1. The zero-order chi connectivity index (χ0) is 23.2. The van der Waals surface area contributed by atoms with E-state index in [-0.39, 0.29) is 62.8 Å². The first-order valence-corrected chi connectivity index (χ1v) is 10.0. The summed E-state index contributed by atoms with van der Waals surface area (Å²) in [6.45, 7) is 0. The molecular formula is C24H22KN5O4. The molecule has 0 fully saturated rings. The third-order valence-electron chi connectivity index (χ3n) is 4.99. The fourth-order valence-corrected chi connectivity index (χ4v) is 3.24. The Kier molecular flexibility index (Phi) is 9.08. The Morgan fingerprint density at radius 2 is 1.53 bits per heavy atom. The summed E-state index contributed by atoms with van der Waals surface area (Å²) < 4.78 is 10.5. The Morgan fingerprint density at radius 3 is 2.00 bits per heavy atom. The number of rotatable bonds is 7. The molecule has 2 aromatic heterocycles. The van der Waals surface area contributed by atoms with E-state index in [1.165, 1.54) is 12.4 Å². The molecule has 0 saturated heterocycles. The molecule has 0 spiro atoms. The van der Waals surface area contributed by atoms with Crippen LogP contribution >= 0.6 is 0 Å². The van der Waals surface area contributed by atoms with E-state index in [2.05, 4.69) is 25.5 Å². The monoisotopic (exact) mass is 483 g/mol. The normalized spacial score (nSPS) is 10.3. The Hall–Kier alpha value is -2.89. The molecule has 4 rings (SSSR count). The van der Waals surface area contributed by atoms with E-state index < -0.39 is 17.8 Å². The average Bonchev–Trinajstić information content (AvgIpc) is 2.88. The third-order valence-corrected chi connectivity index (χ3v) is 4.99. The van der Waals surface area contributed by atoms with E-state index in [4.69, 9.17) is 9.47 Å². The number of nitrogens with one attached hydrogen (secondary N) is 1. The van der Waals surface area contributed by atoms with Gasteiger partial charge in [-0.15, -0.1) is 5.10 Å². The molecule has 0 aliphatic rings. The fourth-order valence-electron chi connectivity index (χ4n) is 3.24. The van der Waals surface area contributed by atoms with E-state index in [1.807, 2.05) is 48.5 Å². The van der Waals surface area contributed by atoms with Crippen LogP contribution < -0.4 is 14.8 Å². The van der Waals surface area contributed by atoms with Gasteiger partial charge in [-0.25, -0.2) is 4.98 Å². The van der Waals surface area contributed by atoms with Crippen LogP contribution in [0.25, 0.3) is 11.5 Å². The molecule has 10 heteroatoms. The molecule has 9 nitrogen and oxygen atoms in total. The second-order valence-electron chi connectivity index (χ2n) is 6.99. The van der Waals surface area contributed by atoms with Gasteiger partial charge >= 0.3 is 51.4 Å². The van der Waals surface area contributed by atoms with Gasteiger partial charge in [-0.05, 0) is 47.5 Å². The van der Waals surface area contributed by atoms with E-state index in [0.29, 0.717) is 17.2 Å². The second-order valence-corrected chi connectivity index (χ2v) is 6.99. The van der Waals surface area contributed by atoms with Crippen molar-refractivity contribution in [2.45, 2.75) is 6.04 Å². The van der Waals surface area contributed by atoms with Crippen molar-refractivity contribution in [1.29, 1.82) is 0 Å². The number of carbonyl (C=O) groups is 1. The molecule has 34 heavy (non-hydrogen) atoms. The maximum absolute atomic E-state index is 13.1. The molecule has 2 N–H and O–H groups in total. The standard InChI is InChI=1S/C24H21N5O4.K.H/c1-32-17-9-5-15(6-10-17)21(16-7-11-18(33-2)12-8-16)27-23(30)19-14-25-22(28-24(19)31)20-4-3-13-26-29-20;;/h3-14,21H,1-2H3,(H,27,30)(H,25,28,31);;. The van der Waals surface area contributed by atoms with Crippen LogP contribution in [-0.2, 0) is 0 Å². The van der Waals surface area contributed by atoms with Crippen molar-refractivity contribution in [3.05, 3.63) is 89.7 Å². The van der Waals surface area contributed by atoms with E-state index in [1.54, 1.807) is 26.4 Å².